The first-order valence-corrected chi connectivity index (χ1v) is 9.75. The van der Waals surface area contributed by atoms with Gasteiger partial charge in [-0.15, -0.1) is 0 Å². The van der Waals surface area contributed by atoms with Crippen molar-refractivity contribution in [1.82, 2.24) is 4.90 Å². The lowest BCUT2D eigenvalue weighted by atomic mass is 10.0. The summed E-state index contributed by atoms with van der Waals surface area (Å²) in [5, 5.41) is 11.5. The van der Waals surface area contributed by atoms with Gasteiger partial charge in [0.15, 0.2) is 6.61 Å². The Labute approximate surface area is 179 Å². The molecule has 2 aromatic rings. The molecule has 31 heavy (non-hydrogen) atoms. The molecule has 3 rings (SSSR count). The third-order valence-electron chi connectivity index (χ3n) is 4.72. The number of amides is 3. The number of rotatable bonds is 7. The standard InChI is InChI=1S/C23H21N3O5/c1-14(2)10-19(26-21(28)17-8-3-4-9-18(17)22(26)29)23(30)31-13-20(27)25-16-7-5-6-15(11-16)12-24/h3-9,11,14,19H,10,13H2,1-2H3,(H,25,27). The number of carbonyl (C=O) groups is 4. The zero-order chi connectivity index (χ0) is 22.5. The van der Waals surface area contributed by atoms with Crippen LogP contribution in [0.2, 0.25) is 0 Å². The van der Waals surface area contributed by atoms with Gasteiger partial charge in [0.1, 0.15) is 6.04 Å². The molecule has 1 aliphatic heterocycles. The maximum absolute atomic E-state index is 12.8. The lowest BCUT2D eigenvalue weighted by Gasteiger charge is -2.25. The molecule has 0 radical (unpaired) electrons. The first-order valence-electron chi connectivity index (χ1n) is 9.75. The Morgan fingerprint density at radius 3 is 2.29 bits per heavy atom. The Bertz CT molecular complexity index is 1050. The molecule has 2 aromatic carbocycles. The molecule has 0 bridgehead atoms. The third kappa shape index (κ3) is 4.78. The first kappa shape index (κ1) is 21.7. The summed E-state index contributed by atoms with van der Waals surface area (Å²) in [6.45, 7) is 3.12. The van der Waals surface area contributed by atoms with Gasteiger partial charge >= 0.3 is 5.97 Å². The molecular formula is C23H21N3O5. The second-order valence-corrected chi connectivity index (χ2v) is 7.52. The molecular weight excluding hydrogens is 398 g/mol. The summed E-state index contributed by atoms with van der Waals surface area (Å²) >= 11 is 0. The highest BCUT2D eigenvalue weighted by molar-refractivity contribution is 6.22. The molecule has 0 spiro atoms. The van der Waals surface area contributed by atoms with E-state index in [4.69, 9.17) is 10.00 Å². The molecule has 1 aliphatic rings. The van der Waals surface area contributed by atoms with E-state index in [0.29, 0.717) is 11.3 Å². The van der Waals surface area contributed by atoms with Crippen molar-refractivity contribution in [3.8, 4) is 6.07 Å². The lowest BCUT2D eigenvalue weighted by molar-refractivity contribution is -0.151. The van der Waals surface area contributed by atoms with Crippen LogP contribution in [-0.4, -0.2) is 41.2 Å². The van der Waals surface area contributed by atoms with E-state index in [1.54, 1.807) is 30.3 Å². The number of ether oxygens (including phenoxy) is 1. The van der Waals surface area contributed by atoms with Crippen molar-refractivity contribution in [2.75, 3.05) is 11.9 Å². The molecule has 1 unspecified atom stereocenters. The number of nitriles is 1. The van der Waals surface area contributed by atoms with Crippen molar-refractivity contribution < 1.29 is 23.9 Å². The van der Waals surface area contributed by atoms with E-state index in [1.165, 1.54) is 18.2 Å². The second-order valence-electron chi connectivity index (χ2n) is 7.52. The fourth-order valence-electron chi connectivity index (χ4n) is 3.34. The molecule has 8 nitrogen and oxygen atoms in total. The minimum Gasteiger partial charge on any atom is -0.454 e. The number of nitrogens with zero attached hydrogens (tertiary/aromatic N) is 2. The molecule has 3 amide bonds. The number of hydrogen-bond acceptors (Lipinski definition) is 6. The number of carbonyl (C=O) groups excluding carboxylic acids is 4. The molecule has 0 saturated heterocycles. The van der Waals surface area contributed by atoms with Crippen molar-refractivity contribution in [2.24, 2.45) is 5.92 Å². The lowest BCUT2D eigenvalue weighted by Crippen LogP contribution is -2.46. The van der Waals surface area contributed by atoms with Gasteiger partial charge in [0.25, 0.3) is 17.7 Å². The smallest absolute Gasteiger partial charge is 0.329 e. The van der Waals surface area contributed by atoms with E-state index in [9.17, 15) is 19.2 Å². The molecule has 1 N–H and O–H groups in total. The van der Waals surface area contributed by atoms with Crippen LogP contribution in [0.25, 0.3) is 0 Å². The fourth-order valence-corrected chi connectivity index (χ4v) is 3.34. The Balaban J connectivity index is 1.69. The highest BCUT2D eigenvalue weighted by atomic mass is 16.5. The summed E-state index contributed by atoms with van der Waals surface area (Å²) in [5.41, 5.74) is 1.24. The molecule has 1 heterocycles. The molecule has 0 saturated carbocycles. The van der Waals surface area contributed by atoms with Crippen LogP contribution < -0.4 is 5.32 Å². The van der Waals surface area contributed by atoms with Crippen molar-refractivity contribution in [2.45, 2.75) is 26.3 Å². The van der Waals surface area contributed by atoms with Crippen molar-refractivity contribution in [3.63, 3.8) is 0 Å². The molecule has 0 fully saturated rings. The van der Waals surface area contributed by atoms with Crippen LogP contribution in [0, 0.1) is 17.2 Å². The van der Waals surface area contributed by atoms with E-state index in [1.807, 2.05) is 19.9 Å². The average Bonchev–Trinajstić information content (AvgIpc) is 3.01. The fraction of sp³-hybridized carbons (Fsp3) is 0.261. The van der Waals surface area contributed by atoms with Crippen molar-refractivity contribution in [3.05, 3.63) is 65.2 Å². The van der Waals surface area contributed by atoms with Gasteiger partial charge < -0.3 is 10.1 Å². The minimum absolute atomic E-state index is 0.00981. The zero-order valence-corrected chi connectivity index (χ0v) is 17.1. The summed E-state index contributed by atoms with van der Waals surface area (Å²) in [6, 6.07) is 13.5. The summed E-state index contributed by atoms with van der Waals surface area (Å²) in [4.78, 5) is 51.4. The number of esters is 1. The number of hydrogen-bond donors (Lipinski definition) is 1. The van der Waals surface area contributed by atoms with Gasteiger partial charge in [-0.25, -0.2) is 4.79 Å². The van der Waals surface area contributed by atoms with Crippen LogP contribution in [0.4, 0.5) is 5.69 Å². The van der Waals surface area contributed by atoms with E-state index in [2.05, 4.69) is 5.32 Å². The molecule has 8 heteroatoms. The number of imide groups is 1. The van der Waals surface area contributed by atoms with Crippen LogP contribution in [-0.2, 0) is 14.3 Å². The third-order valence-corrected chi connectivity index (χ3v) is 4.72. The highest BCUT2D eigenvalue weighted by Crippen LogP contribution is 2.27. The SMILES string of the molecule is CC(C)CC(C(=O)OCC(=O)Nc1cccc(C#N)c1)N1C(=O)c2ccccc2C1=O. The Morgan fingerprint density at radius 1 is 1.06 bits per heavy atom. The Hall–Kier alpha value is -3.99. The van der Waals surface area contributed by atoms with Gasteiger partial charge in [-0.2, -0.15) is 5.26 Å². The second kappa shape index (κ2) is 9.22. The molecule has 0 aromatic heterocycles. The number of anilines is 1. The maximum atomic E-state index is 12.8. The molecule has 1 atom stereocenters. The summed E-state index contributed by atoms with van der Waals surface area (Å²) in [5.74, 6) is -2.55. The van der Waals surface area contributed by atoms with E-state index >= 15 is 0 Å². The minimum atomic E-state index is -1.14. The van der Waals surface area contributed by atoms with Gasteiger partial charge in [0.05, 0.1) is 22.8 Å². The predicted octanol–water partition coefficient (Wildman–Crippen LogP) is 2.75. The van der Waals surface area contributed by atoms with Crippen LogP contribution in [0.3, 0.4) is 0 Å². The van der Waals surface area contributed by atoms with Gasteiger partial charge in [-0.3, -0.25) is 19.3 Å². The number of nitrogens with one attached hydrogen (secondary N) is 1. The number of fused-ring (bicyclic) bond motifs is 1. The predicted molar refractivity (Wildman–Crippen MR) is 111 cm³/mol. The highest BCUT2D eigenvalue weighted by Gasteiger charge is 2.43. The summed E-state index contributed by atoms with van der Waals surface area (Å²) in [6.07, 6.45) is 0.204. The Morgan fingerprint density at radius 2 is 1.71 bits per heavy atom. The van der Waals surface area contributed by atoms with Gasteiger partial charge in [0, 0.05) is 5.69 Å². The first-order chi connectivity index (χ1) is 14.8. The normalized spacial score (nSPS) is 13.5. The largest absolute Gasteiger partial charge is 0.454 e. The Kier molecular flexibility index (Phi) is 6.46. The van der Waals surface area contributed by atoms with Crippen molar-refractivity contribution >= 4 is 29.4 Å². The monoisotopic (exact) mass is 419 g/mol. The quantitative estimate of drug-likeness (QED) is 0.545. The zero-order valence-electron chi connectivity index (χ0n) is 17.1. The summed E-state index contributed by atoms with van der Waals surface area (Å²) < 4.78 is 5.14. The van der Waals surface area contributed by atoms with E-state index in [0.717, 1.165) is 4.90 Å². The number of benzene rings is 2. The molecule has 158 valence electrons. The summed E-state index contributed by atoms with van der Waals surface area (Å²) in [7, 11) is 0. The van der Waals surface area contributed by atoms with E-state index < -0.39 is 36.3 Å². The van der Waals surface area contributed by atoms with Crippen LogP contribution in [0.15, 0.2) is 48.5 Å². The van der Waals surface area contributed by atoms with Crippen molar-refractivity contribution in [1.29, 1.82) is 5.26 Å². The maximum Gasteiger partial charge on any atom is 0.329 e. The van der Waals surface area contributed by atoms with Crippen LogP contribution in [0.1, 0.15) is 46.5 Å². The topological polar surface area (TPSA) is 117 Å². The van der Waals surface area contributed by atoms with Gasteiger partial charge in [-0.05, 0) is 42.7 Å². The van der Waals surface area contributed by atoms with E-state index in [-0.39, 0.29) is 23.5 Å². The molecule has 0 aliphatic carbocycles. The van der Waals surface area contributed by atoms with Gasteiger partial charge in [-0.1, -0.05) is 32.0 Å². The van der Waals surface area contributed by atoms with Crippen LogP contribution >= 0.6 is 0 Å². The average molecular weight is 419 g/mol. The van der Waals surface area contributed by atoms with Crippen LogP contribution in [0.5, 0.6) is 0 Å². The van der Waals surface area contributed by atoms with Gasteiger partial charge in [0.2, 0.25) is 0 Å².